The van der Waals surface area contributed by atoms with Gasteiger partial charge in [0.05, 0.1) is 10.6 Å². The maximum atomic E-state index is 12.6. The first-order valence-corrected chi connectivity index (χ1v) is 9.41. The summed E-state index contributed by atoms with van der Waals surface area (Å²) in [7, 11) is -9.35. The van der Waals surface area contributed by atoms with Gasteiger partial charge in [-0.15, -0.1) is 0 Å². The van der Waals surface area contributed by atoms with E-state index in [9.17, 15) is 26.4 Å². The Morgan fingerprint density at radius 1 is 0.720 bits per heavy atom. The van der Waals surface area contributed by atoms with Crippen LogP contribution in [0.3, 0.4) is 0 Å². The van der Waals surface area contributed by atoms with Crippen molar-refractivity contribution in [3.63, 3.8) is 0 Å². The maximum absolute atomic E-state index is 12.6. The van der Waals surface area contributed by atoms with E-state index in [4.69, 9.17) is 14.8 Å². The molecule has 2 aromatic carbocycles. The number of rotatable bonds is 2. The number of nitrogens with two attached hydrogens (primary N) is 1. The van der Waals surface area contributed by atoms with Gasteiger partial charge in [-0.05, 0) is 30.3 Å². The SMILES string of the molecule is Nc1cc2c(cc1S(=O)(=O)O)C(=O)c1cc(S(=O)(=O)O)ccc1C2=O. The van der Waals surface area contributed by atoms with Gasteiger partial charge in [-0.3, -0.25) is 18.7 Å². The second-order valence-electron chi connectivity index (χ2n) is 5.25. The lowest BCUT2D eigenvalue weighted by molar-refractivity contribution is 0.0978. The van der Waals surface area contributed by atoms with Crippen LogP contribution in [-0.2, 0) is 20.2 Å². The zero-order valence-corrected chi connectivity index (χ0v) is 13.8. The van der Waals surface area contributed by atoms with Crippen LogP contribution in [0.1, 0.15) is 31.8 Å². The quantitative estimate of drug-likeness (QED) is 0.422. The molecule has 0 atom stereocenters. The van der Waals surface area contributed by atoms with E-state index >= 15 is 0 Å². The molecule has 0 heterocycles. The molecule has 0 unspecified atom stereocenters. The van der Waals surface area contributed by atoms with Crippen molar-refractivity contribution in [3.05, 3.63) is 52.6 Å². The van der Waals surface area contributed by atoms with Crippen LogP contribution < -0.4 is 5.73 Å². The second-order valence-corrected chi connectivity index (χ2v) is 8.06. The smallest absolute Gasteiger partial charge is 0.296 e. The number of nitrogen functional groups attached to an aromatic ring is 1. The van der Waals surface area contributed by atoms with E-state index in [0.717, 1.165) is 30.3 Å². The van der Waals surface area contributed by atoms with Crippen molar-refractivity contribution in [2.24, 2.45) is 0 Å². The highest BCUT2D eigenvalue weighted by molar-refractivity contribution is 7.86. The summed E-state index contributed by atoms with van der Waals surface area (Å²) in [6.45, 7) is 0. The Labute approximate surface area is 141 Å². The topological polar surface area (TPSA) is 169 Å². The molecule has 0 fully saturated rings. The maximum Gasteiger partial charge on any atom is 0.296 e. The molecule has 25 heavy (non-hydrogen) atoms. The molecule has 1 aliphatic carbocycles. The Balaban J connectivity index is 2.31. The predicted molar refractivity (Wildman–Crippen MR) is 83.8 cm³/mol. The average Bonchev–Trinajstić information content (AvgIpc) is 2.49. The monoisotopic (exact) mass is 383 g/mol. The van der Waals surface area contributed by atoms with Crippen LogP contribution in [0.15, 0.2) is 40.1 Å². The highest BCUT2D eigenvalue weighted by Gasteiger charge is 2.33. The molecule has 3 rings (SSSR count). The fraction of sp³-hybridized carbons (Fsp3) is 0. The predicted octanol–water partition coefficient (Wildman–Crippen LogP) is 0.538. The van der Waals surface area contributed by atoms with Crippen LogP contribution in [0, 0.1) is 0 Å². The van der Waals surface area contributed by atoms with Gasteiger partial charge in [0.2, 0.25) is 0 Å². The summed E-state index contributed by atoms with van der Waals surface area (Å²) in [6, 6.07) is 4.55. The Morgan fingerprint density at radius 3 is 1.80 bits per heavy atom. The number of benzene rings is 2. The highest BCUT2D eigenvalue weighted by Crippen LogP contribution is 2.33. The van der Waals surface area contributed by atoms with Crippen LogP contribution in [-0.4, -0.2) is 37.5 Å². The van der Waals surface area contributed by atoms with Crippen molar-refractivity contribution in [3.8, 4) is 0 Å². The number of hydrogen-bond acceptors (Lipinski definition) is 7. The minimum absolute atomic E-state index is 0.121. The molecule has 0 aromatic heterocycles. The molecule has 4 N–H and O–H groups in total. The van der Waals surface area contributed by atoms with Gasteiger partial charge < -0.3 is 5.73 Å². The molecule has 0 bridgehead atoms. The average molecular weight is 383 g/mol. The van der Waals surface area contributed by atoms with E-state index in [-0.39, 0.29) is 22.3 Å². The van der Waals surface area contributed by atoms with Gasteiger partial charge in [0.15, 0.2) is 11.6 Å². The molecule has 2 aromatic rings. The van der Waals surface area contributed by atoms with Crippen molar-refractivity contribution >= 4 is 37.5 Å². The fourth-order valence-electron chi connectivity index (χ4n) is 2.56. The summed E-state index contributed by atoms with van der Waals surface area (Å²) in [5, 5.41) is 0. The molecule has 0 radical (unpaired) electrons. The lowest BCUT2D eigenvalue weighted by Gasteiger charge is -2.19. The molecule has 1 aliphatic rings. The van der Waals surface area contributed by atoms with E-state index in [2.05, 4.69) is 0 Å². The molecule has 11 heteroatoms. The van der Waals surface area contributed by atoms with Crippen LogP contribution in [0.2, 0.25) is 0 Å². The van der Waals surface area contributed by atoms with Crippen molar-refractivity contribution in [1.82, 2.24) is 0 Å². The summed E-state index contributed by atoms with van der Waals surface area (Å²) in [4.78, 5) is 23.7. The number of ketones is 2. The van der Waals surface area contributed by atoms with E-state index in [1.807, 2.05) is 0 Å². The first kappa shape index (κ1) is 17.2. The van der Waals surface area contributed by atoms with Crippen LogP contribution in [0.5, 0.6) is 0 Å². The van der Waals surface area contributed by atoms with Gasteiger partial charge in [0.1, 0.15) is 4.90 Å². The van der Waals surface area contributed by atoms with Crippen LogP contribution in [0.25, 0.3) is 0 Å². The lowest BCUT2D eigenvalue weighted by Crippen LogP contribution is -2.22. The fourth-order valence-corrected chi connectivity index (χ4v) is 3.69. The molecule has 0 amide bonds. The van der Waals surface area contributed by atoms with Crippen molar-refractivity contribution in [2.45, 2.75) is 9.79 Å². The Hall–Kier alpha value is -2.60. The zero-order chi connectivity index (χ0) is 18.7. The number of anilines is 1. The molecule has 9 nitrogen and oxygen atoms in total. The molecule has 0 saturated heterocycles. The third kappa shape index (κ3) is 2.72. The standard InChI is InChI=1S/C14H9NO8S2/c15-11-4-9-10(5-12(11)25(21,22)23)14(17)8-3-6(24(18,19)20)1-2-7(8)13(9)16/h1-5H,15H2,(H,18,19,20)(H,21,22,23). The van der Waals surface area contributed by atoms with E-state index in [0.29, 0.717) is 0 Å². The third-order valence-electron chi connectivity index (χ3n) is 3.70. The minimum Gasteiger partial charge on any atom is -0.398 e. The largest absolute Gasteiger partial charge is 0.398 e. The van der Waals surface area contributed by atoms with Crippen molar-refractivity contribution < 1.29 is 35.5 Å². The molecular formula is C14H9NO8S2. The molecule has 0 spiro atoms. The lowest BCUT2D eigenvalue weighted by atomic mass is 9.84. The third-order valence-corrected chi connectivity index (χ3v) is 5.45. The first-order valence-electron chi connectivity index (χ1n) is 6.53. The minimum atomic E-state index is -4.74. The summed E-state index contributed by atoms with van der Waals surface area (Å²) < 4.78 is 63.3. The molecule has 0 aliphatic heterocycles. The Morgan fingerprint density at radius 2 is 1.24 bits per heavy atom. The van der Waals surface area contributed by atoms with Gasteiger partial charge in [0, 0.05) is 22.3 Å². The summed E-state index contributed by atoms with van der Waals surface area (Å²) in [5.41, 5.74) is 4.13. The first-order chi connectivity index (χ1) is 11.4. The van der Waals surface area contributed by atoms with Crippen molar-refractivity contribution in [1.29, 1.82) is 0 Å². The molecular weight excluding hydrogens is 374 g/mol. The molecule has 130 valence electrons. The second kappa shape index (κ2) is 5.20. The normalized spacial score (nSPS) is 14.2. The van der Waals surface area contributed by atoms with Gasteiger partial charge in [-0.2, -0.15) is 16.8 Å². The Bertz CT molecular complexity index is 1180. The summed E-state index contributed by atoms with van der Waals surface area (Å²) >= 11 is 0. The van der Waals surface area contributed by atoms with E-state index in [1.54, 1.807) is 0 Å². The van der Waals surface area contributed by atoms with Gasteiger partial charge in [-0.1, -0.05) is 0 Å². The van der Waals surface area contributed by atoms with E-state index < -0.39 is 47.3 Å². The van der Waals surface area contributed by atoms with Crippen molar-refractivity contribution in [2.75, 3.05) is 5.73 Å². The highest BCUT2D eigenvalue weighted by atomic mass is 32.2. The summed E-state index contributed by atoms with van der Waals surface area (Å²) in [6.07, 6.45) is 0. The van der Waals surface area contributed by atoms with Gasteiger partial charge >= 0.3 is 0 Å². The number of fused-ring (bicyclic) bond motifs is 2. The molecule has 0 saturated carbocycles. The van der Waals surface area contributed by atoms with Crippen LogP contribution in [0.4, 0.5) is 5.69 Å². The van der Waals surface area contributed by atoms with Crippen LogP contribution >= 0.6 is 0 Å². The number of carbonyl (C=O) groups excluding carboxylic acids is 2. The number of carbonyl (C=O) groups is 2. The van der Waals surface area contributed by atoms with Gasteiger partial charge in [0.25, 0.3) is 20.2 Å². The van der Waals surface area contributed by atoms with E-state index in [1.165, 1.54) is 0 Å². The number of hydrogen-bond donors (Lipinski definition) is 3. The van der Waals surface area contributed by atoms with Gasteiger partial charge in [-0.25, -0.2) is 0 Å². The zero-order valence-electron chi connectivity index (χ0n) is 12.1. The summed E-state index contributed by atoms with van der Waals surface area (Å²) in [5.74, 6) is -1.53. The Kier molecular flexibility index (Phi) is 3.58.